The Balaban J connectivity index is 1.70. The Hall–Kier alpha value is -1.68. The van der Waals surface area contributed by atoms with E-state index in [1.54, 1.807) is 6.33 Å². The molecule has 0 saturated heterocycles. The number of aryl methyl sites for hydroxylation is 3. The van der Waals surface area contributed by atoms with Gasteiger partial charge in [-0.05, 0) is 37.9 Å². The molecule has 1 heterocycles. The molecule has 0 bridgehead atoms. The summed E-state index contributed by atoms with van der Waals surface area (Å²) in [4.78, 5) is 4.10. The Morgan fingerprint density at radius 3 is 2.94 bits per heavy atom. The summed E-state index contributed by atoms with van der Waals surface area (Å²) in [6, 6.07) is 6.59. The summed E-state index contributed by atoms with van der Waals surface area (Å²) in [6.45, 7) is 6.22. The smallest absolute Gasteiger partial charge is 0.137 e. The molecule has 0 saturated carbocycles. The molecular weight excluding hydrogens is 224 g/mol. The predicted octanol–water partition coefficient (Wildman–Crippen LogP) is 2.14. The van der Waals surface area contributed by atoms with Crippen molar-refractivity contribution in [3.05, 3.63) is 47.0 Å². The molecule has 0 fully saturated rings. The highest BCUT2D eigenvalue weighted by Gasteiger charge is 1.99. The molecule has 0 aliphatic rings. The van der Waals surface area contributed by atoms with E-state index in [9.17, 15) is 0 Å². The molecule has 1 aromatic carbocycles. The average Bonchev–Trinajstić information content (AvgIpc) is 2.86. The molecule has 0 aliphatic heterocycles. The monoisotopic (exact) mass is 244 g/mol. The van der Waals surface area contributed by atoms with Crippen molar-refractivity contribution in [1.29, 1.82) is 0 Å². The van der Waals surface area contributed by atoms with Gasteiger partial charge in [0.05, 0.1) is 0 Å². The number of benzene rings is 1. The van der Waals surface area contributed by atoms with E-state index in [1.165, 1.54) is 16.7 Å². The summed E-state index contributed by atoms with van der Waals surface area (Å²) < 4.78 is 0. The van der Waals surface area contributed by atoms with E-state index in [4.69, 9.17) is 0 Å². The molecule has 0 unspecified atom stereocenters. The number of aromatic amines is 1. The van der Waals surface area contributed by atoms with Crippen LogP contribution < -0.4 is 5.32 Å². The summed E-state index contributed by atoms with van der Waals surface area (Å²) in [5, 5.41) is 10.2. The first-order valence-corrected chi connectivity index (χ1v) is 6.37. The largest absolute Gasteiger partial charge is 0.313 e. The quantitative estimate of drug-likeness (QED) is 0.765. The maximum absolute atomic E-state index is 4.10. The van der Waals surface area contributed by atoms with Crippen LogP contribution in [0.3, 0.4) is 0 Å². The van der Waals surface area contributed by atoms with E-state index >= 15 is 0 Å². The van der Waals surface area contributed by atoms with Gasteiger partial charge in [0.2, 0.25) is 0 Å². The SMILES string of the molecule is Cc1ccc(C)c(CNCCCc2ncn[nH]2)c1. The van der Waals surface area contributed by atoms with E-state index in [1.807, 2.05) is 0 Å². The molecule has 2 rings (SSSR count). The van der Waals surface area contributed by atoms with Gasteiger partial charge in [0.1, 0.15) is 12.2 Å². The second-order valence-corrected chi connectivity index (χ2v) is 4.64. The molecule has 2 aromatic rings. The molecule has 1 aromatic heterocycles. The molecule has 4 heteroatoms. The molecule has 18 heavy (non-hydrogen) atoms. The van der Waals surface area contributed by atoms with Gasteiger partial charge in [0.25, 0.3) is 0 Å². The van der Waals surface area contributed by atoms with Crippen LogP contribution >= 0.6 is 0 Å². The minimum Gasteiger partial charge on any atom is -0.313 e. The van der Waals surface area contributed by atoms with Gasteiger partial charge in [-0.25, -0.2) is 4.98 Å². The van der Waals surface area contributed by atoms with E-state index in [-0.39, 0.29) is 0 Å². The van der Waals surface area contributed by atoms with Crippen molar-refractivity contribution in [3.8, 4) is 0 Å². The van der Waals surface area contributed by atoms with Crippen LogP contribution in [0.4, 0.5) is 0 Å². The van der Waals surface area contributed by atoms with Crippen LogP contribution in [0.1, 0.15) is 28.9 Å². The second kappa shape index (κ2) is 6.31. The predicted molar refractivity (Wildman–Crippen MR) is 72.3 cm³/mol. The Kier molecular flexibility index (Phi) is 4.47. The third-order valence-corrected chi connectivity index (χ3v) is 3.05. The highest BCUT2D eigenvalue weighted by atomic mass is 15.2. The second-order valence-electron chi connectivity index (χ2n) is 4.64. The fourth-order valence-corrected chi connectivity index (χ4v) is 1.95. The van der Waals surface area contributed by atoms with Crippen molar-refractivity contribution in [3.63, 3.8) is 0 Å². The number of hydrogen-bond acceptors (Lipinski definition) is 3. The van der Waals surface area contributed by atoms with Crippen molar-refractivity contribution < 1.29 is 0 Å². The van der Waals surface area contributed by atoms with E-state index in [0.717, 1.165) is 31.8 Å². The third-order valence-electron chi connectivity index (χ3n) is 3.05. The lowest BCUT2D eigenvalue weighted by atomic mass is 10.1. The summed E-state index contributed by atoms with van der Waals surface area (Å²) >= 11 is 0. The van der Waals surface area contributed by atoms with Crippen LogP contribution in [-0.2, 0) is 13.0 Å². The lowest BCUT2D eigenvalue weighted by Gasteiger charge is -2.08. The molecule has 0 radical (unpaired) electrons. The molecule has 0 spiro atoms. The van der Waals surface area contributed by atoms with E-state index in [2.05, 4.69) is 52.5 Å². The fraction of sp³-hybridized carbons (Fsp3) is 0.429. The van der Waals surface area contributed by atoms with Gasteiger partial charge in [0.15, 0.2) is 0 Å². The number of nitrogens with zero attached hydrogens (tertiary/aromatic N) is 2. The number of aromatic nitrogens is 3. The number of nitrogens with one attached hydrogen (secondary N) is 2. The van der Waals surface area contributed by atoms with Crippen LogP contribution in [0.2, 0.25) is 0 Å². The molecule has 96 valence electrons. The van der Waals surface area contributed by atoms with Crippen LogP contribution in [0.5, 0.6) is 0 Å². The molecule has 0 amide bonds. The van der Waals surface area contributed by atoms with Crippen molar-refractivity contribution in [1.82, 2.24) is 20.5 Å². The maximum Gasteiger partial charge on any atom is 0.137 e. The highest BCUT2D eigenvalue weighted by molar-refractivity contribution is 5.30. The van der Waals surface area contributed by atoms with Gasteiger partial charge in [0, 0.05) is 13.0 Å². The van der Waals surface area contributed by atoms with Crippen LogP contribution in [0, 0.1) is 13.8 Å². The van der Waals surface area contributed by atoms with Gasteiger partial charge in [-0.2, -0.15) is 5.10 Å². The molecule has 2 N–H and O–H groups in total. The minimum absolute atomic E-state index is 0.934. The highest BCUT2D eigenvalue weighted by Crippen LogP contribution is 2.10. The molecule has 0 aliphatic carbocycles. The van der Waals surface area contributed by atoms with Gasteiger partial charge in [-0.1, -0.05) is 23.8 Å². The van der Waals surface area contributed by atoms with Gasteiger partial charge in [-0.15, -0.1) is 0 Å². The zero-order valence-corrected chi connectivity index (χ0v) is 11.0. The standard InChI is InChI=1S/C14H20N4/c1-11-5-6-12(2)13(8-11)9-15-7-3-4-14-16-10-17-18-14/h5-6,8,10,15H,3-4,7,9H2,1-2H3,(H,16,17,18). The summed E-state index contributed by atoms with van der Waals surface area (Å²) in [5.41, 5.74) is 4.05. The van der Waals surface area contributed by atoms with Crippen LogP contribution in [0.25, 0.3) is 0 Å². The Labute approximate surface area is 108 Å². The zero-order valence-electron chi connectivity index (χ0n) is 11.0. The molecular formula is C14H20N4. The van der Waals surface area contributed by atoms with E-state index < -0.39 is 0 Å². The van der Waals surface area contributed by atoms with Gasteiger partial charge < -0.3 is 5.32 Å². The molecule has 4 nitrogen and oxygen atoms in total. The summed E-state index contributed by atoms with van der Waals surface area (Å²) in [6.07, 6.45) is 3.57. The summed E-state index contributed by atoms with van der Waals surface area (Å²) in [7, 11) is 0. The zero-order chi connectivity index (χ0) is 12.8. The van der Waals surface area contributed by atoms with Crippen LogP contribution in [-0.4, -0.2) is 21.7 Å². The van der Waals surface area contributed by atoms with Crippen molar-refractivity contribution in [2.45, 2.75) is 33.2 Å². The maximum atomic E-state index is 4.10. The first-order chi connectivity index (χ1) is 8.75. The number of rotatable bonds is 6. The number of H-pyrrole nitrogens is 1. The summed E-state index contributed by atoms with van der Waals surface area (Å²) in [5.74, 6) is 0.962. The normalized spacial score (nSPS) is 10.8. The van der Waals surface area contributed by atoms with Crippen molar-refractivity contribution in [2.75, 3.05) is 6.54 Å². The van der Waals surface area contributed by atoms with Crippen molar-refractivity contribution in [2.24, 2.45) is 0 Å². The van der Waals surface area contributed by atoms with Crippen LogP contribution in [0.15, 0.2) is 24.5 Å². The average molecular weight is 244 g/mol. The lowest BCUT2D eigenvalue weighted by molar-refractivity contribution is 0.638. The Morgan fingerprint density at radius 2 is 2.17 bits per heavy atom. The number of hydrogen-bond donors (Lipinski definition) is 2. The lowest BCUT2D eigenvalue weighted by Crippen LogP contribution is -2.16. The minimum atomic E-state index is 0.934. The third kappa shape index (κ3) is 3.67. The first-order valence-electron chi connectivity index (χ1n) is 6.37. The Morgan fingerprint density at radius 1 is 1.28 bits per heavy atom. The van der Waals surface area contributed by atoms with Gasteiger partial charge in [-0.3, -0.25) is 5.10 Å². The molecule has 0 atom stereocenters. The van der Waals surface area contributed by atoms with E-state index in [0.29, 0.717) is 0 Å². The van der Waals surface area contributed by atoms with Gasteiger partial charge >= 0.3 is 0 Å². The topological polar surface area (TPSA) is 53.6 Å². The van der Waals surface area contributed by atoms with Crippen molar-refractivity contribution >= 4 is 0 Å². The first kappa shape index (κ1) is 12.8. The fourth-order valence-electron chi connectivity index (χ4n) is 1.95. The Bertz CT molecular complexity index is 477.